The van der Waals surface area contributed by atoms with Crippen LogP contribution in [0.1, 0.15) is 19.3 Å². The van der Waals surface area contributed by atoms with Crippen molar-refractivity contribution in [2.75, 3.05) is 13.1 Å². The molecule has 0 bridgehead atoms. The van der Waals surface area contributed by atoms with E-state index in [1.807, 2.05) is 0 Å². The zero-order valence-corrected chi connectivity index (χ0v) is 6.25. The molecule has 60 valence electrons. The minimum Gasteiger partial charge on any atom is -0.273 e. The lowest BCUT2D eigenvalue weighted by atomic mass is 10.2. The molecule has 2 rings (SSSR count). The molecule has 0 spiro atoms. The van der Waals surface area contributed by atoms with Gasteiger partial charge in [-0.1, -0.05) is 0 Å². The molecule has 2 aliphatic heterocycles. The van der Waals surface area contributed by atoms with Crippen molar-refractivity contribution in [2.45, 2.75) is 19.3 Å². The van der Waals surface area contributed by atoms with Gasteiger partial charge in [0.2, 0.25) is 11.8 Å². The first-order valence-electron chi connectivity index (χ1n) is 3.90. The van der Waals surface area contributed by atoms with Crippen LogP contribution in [-0.4, -0.2) is 34.9 Å². The quantitative estimate of drug-likeness (QED) is 0.483. The summed E-state index contributed by atoms with van der Waals surface area (Å²) in [7, 11) is 0. The summed E-state index contributed by atoms with van der Waals surface area (Å²) in [6, 6.07) is 0. The van der Waals surface area contributed by atoms with Crippen molar-refractivity contribution in [1.29, 1.82) is 0 Å². The summed E-state index contributed by atoms with van der Waals surface area (Å²) in [6.07, 6.45) is 1.93. The fraction of sp³-hybridized carbons (Fsp3) is 0.714. The lowest BCUT2D eigenvalue weighted by Gasteiger charge is -2.31. The van der Waals surface area contributed by atoms with Crippen LogP contribution in [0.25, 0.3) is 0 Å². The van der Waals surface area contributed by atoms with Crippen molar-refractivity contribution >= 4 is 11.8 Å². The van der Waals surface area contributed by atoms with Crippen LogP contribution in [0.3, 0.4) is 0 Å². The molecule has 4 nitrogen and oxygen atoms in total. The van der Waals surface area contributed by atoms with E-state index in [-0.39, 0.29) is 11.8 Å². The molecular weight excluding hydrogens is 144 g/mol. The predicted octanol–water partition coefficient (Wildman–Crippen LogP) is -0.244. The number of fused-ring (bicyclic) bond motifs is 1. The van der Waals surface area contributed by atoms with Crippen molar-refractivity contribution < 1.29 is 9.59 Å². The monoisotopic (exact) mass is 154 g/mol. The van der Waals surface area contributed by atoms with E-state index in [4.69, 9.17) is 0 Å². The van der Waals surface area contributed by atoms with Crippen LogP contribution in [0.4, 0.5) is 0 Å². The van der Waals surface area contributed by atoms with Gasteiger partial charge in [-0.3, -0.25) is 19.6 Å². The van der Waals surface area contributed by atoms with E-state index in [9.17, 15) is 9.59 Å². The van der Waals surface area contributed by atoms with Gasteiger partial charge in [0.25, 0.3) is 0 Å². The normalized spacial score (nSPS) is 24.4. The van der Waals surface area contributed by atoms with Crippen molar-refractivity contribution in [3.8, 4) is 0 Å². The predicted molar refractivity (Wildman–Crippen MR) is 37.3 cm³/mol. The third-order valence-corrected chi connectivity index (χ3v) is 2.17. The molecule has 0 radical (unpaired) electrons. The van der Waals surface area contributed by atoms with E-state index in [0.29, 0.717) is 19.4 Å². The molecule has 2 saturated heterocycles. The fourth-order valence-corrected chi connectivity index (χ4v) is 1.60. The number of carbonyl (C=O) groups excluding carboxylic acids is 2. The van der Waals surface area contributed by atoms with Crippen molar-refractivity contribution in [3.63, 3.8) is 0 Å². The van der Waals surface area contributed by atoms with E-state index in [1.54, 1.807) is 10.0 Å². The summed E-state index contributed by atoms with van der Waals surface area (Å²) in [4.78, 5) is 22.2. The van der Waals surface area contributed by atoms with Gasteiger partial charge in [0.05, 0.1) is 6.54 Å². The molecule has 0 unspecified atom stereocenters. The number of amides is 2. The van der Waals surface area contributed by atoms with Crippen LogP contribution in [0, 0.1) is 0 Å². The molecule has 2 fully saturated rings. The number of nitrogens with zero attached hydrogens (tertiary/aromatic N) is 2. The Morgan fingerprint density at radius 1 is 0.909 bits per heavy atom. The Labute approximate surface area is 64.7 Å². The van der Waals surface area contributed by atoms with Crippen molar-refractivity contribution in [3.05, 3.63) is 0 Å². The molecular formula is C7H10N2O2. The van der Waals surface area contributed by atoms with Gasteiger partial charge in [-0.25, -0.2) is 0 Å². The Hall–Kier alpha value is -1.06. The van der Waals surface area contributed by atoms with Crippen LogP contribution >= 0.6 is 0 Å². The number of hydrogen-bond acceptors (Lipinski definition) is 2. The number of hydrogen-bond donors (Lipinski definition) is 0. The average molecular weight is 154 g/mol. The van der Waals surface area contributed by atoms with Crippen LogP contribution in [0.15, 0.2) is 0 Å². The highest BCUT2D eigenvalue weighted by Crippen LogP contribution is 2.19. The van der Waals surface area contributed by atoms with Gasteiger partial charge in [0, 0.05) is 19.4 Å². The second-order valence-electron chi connectivity index (χ2n) is 2.89. The summed E-state index contributed by atoms with van der Waals surface area (Å²) < 4.78 is 0. The van der Waals surface area contributed by atoms with Gasteiger partial charge in [-0.15, -0.1) is 0 Å². The summed E-state index contributed by atoms with van der Waals surface area (Å²) in [5.41, 5.74) is 0. The highest BCUT2D eigenvalue weighted by molar-refractivity contribution is 5.86. The van der Waals surface area contributed by atoms with Gasteiger partial charge in [0.15, 0.2) is 0 Å². The van der Waals surface area contributed by atoms with E-state index in [2.05, 4.69) is 0 Å². The third-order valence-electron chi connectivity index (χ3n) is 2.17. The van der Waals surface area contributed by atoms with Crippen molar-refractivity contribution in [2.24, 2.45) is 0 Å². The standard InChI is InChI=1S/C7H10N2O2/c10-6-2-1-4-8-7(11)3-5-9(6)8/h1-5H2. The lowest BCUT2D eigenvalue weighted by molar-refractivity contribution is -0.158. The Bertz CT molecular complexity index is 214. The zero-order chi connectivity index (χ0) is 7.84. The number of hydrazine groups is 1. The first-order valence-corrected chi connectivity index (χ1v) is 3.90. The SMILES string of the molecule is O=C1CCN2C(=O)CCCN12. The minimum atomic E-state index is 0.0954. The maximum atomic E-state index is 11.2. The first kappa shape index (κ1) is 6.64. The molecule has 0 N–H and O–H groups in total. The summed E-state index contributed by atoms with van der Waals surface area (Å²) >= 11 is 0. The lowest BCUT2D eigenvalue weighted by Crippen LogP contribution is -2.47. The van der Waals surface area contributed by atoms with Crippen LogP contribution in [-0.2, 0) is 9.59 Å². The Kier molecular flexibility index (Phi) is 1.34. The van der Waals surface area contributed by atoms with Gasteiger partial charge >= 0.3 is 0 Å². The van der Waals surface area contributed by atoms with Gasteiger partial charge < -0.3 is 0 Å². The number of rotatable bonds is 0. The van der Waals surface area contributed by atoms with Gasteiger partial charge in [-0.05, 0) is 6.42 Å². The minimum absolute atomic E-state index is 0.0954. The molecule has 11 heavy (non-hydrogen) atoms. The highest BCUT2D eigenvalue weighted by atomic mass is 16.2. The molecule has 2 heterocycles. The van der Waals surface area contributed by atoms with Gasteiger partial charge in [0.1, 0.15) is 0 Å². The Morgan fingerprint density at radius 3 is 2.27 bits per heavy atom. The summed E-state index contributed by atoms with van der Waals surface area (Å²) in [6.45, 7) is 1.32. The topological polar surface area (TPSA) is 40.6 Å². The molecule has 0 aromatic rings. The van der Waals surface area contributed by atoms with E-state index < -0.39 is 0 Å². The molecule has 0 atom stereocenters. The molecule has 2 aliphatic rings. The fourth-order valence-electron chi connectivity index (χ4n) is 1.60. The molecule has 4 heteroatoms. The Balaban J connectivity index is 2.19. The van der Waals surface area contributed by atoms with E-state index in [0.717, 1.165) is 13.0 Å². The van der Waals surface area contributed by atoms with Crippen molar-refractivity contribution in [1.82, 2.24) is 10.0 Å². The smallest absolute Gasteiger partial charge is 0.243 e. The average Bonchev–Trinajstić information content (AvgIpc) is 2.35. The molecule has 2 amide bonds. The maximum absolute atomic E-state index is 11.2. The van der Waals surface area contributed by atoms with Crippen LogP contribution < -0.4 is 0 Å². The second kappa shape index (κ2) is 2.22. The second-order valence-corrected chi connectivity index (χ2v) is 2.89. The molecule has 0 aromatic carbocycles. The molecule has 0 aromatic heterocycles. The van der Waals surface area contributed by atoms with Crippen LogP contribution in [0.5, 0.6) is 0 Å². The summed E-state index contributed by atoms with van der Waals surface area (Å²) in [5.74, 6) is 0.195. The zero-order valence-electron chi connectivity index (χ0n) is 6.25. The molecule has 0 aliphatic carbocycles. The number of carbonyl (C=O) groups is 2. The highest BCUT2D eigenvalue weighted by Gasteiger charge is 2.34. The molecule has 0 saturated carbocycles. The first-order chi connectivity index (χ1) is 5.29. The van der Waals surface area contributed by atoms with E-state index in [1.165, 1.54) is 0 Å². The maximum Gasteiger partial charge on any atom is 0.243 e. The summed E-state index contributed by atoms with van der Waals surface area (Å²) in [5, 5.41) is 3.15. The van der Waals surface area contributed by atoms with Gasteiger partial charge in [-0.2, -0.15) is 0 Å². The van der Waals surface area contributed by atoms with E-state index >= 15 is 0 Å². The Morgan fingerprint density at radius 2 is 1.55 bits per heavy atom. The third kappa shape index (κ3) is 0.895. The van der Waals surface area contributed by atoms with Crippen LogP contribution in [0.2, 0.25) is 0 Å². The largest absolute Gasteiger partial charge is 0.273 e.